The number of amides is 1. The zero-order valence-electron chi connectivity index (χ0n) is 19.7. The van der Waals surface area contributed by atoms with Crippen molar-refractivity contribution < 1.29 is 49.2 Å². The molecule has 1 aliphatic heterocycles. The highest BCUT2D eigenvalue weighted by Gasteiger charge is 2.41. The summed E-state index contributed by atoms with van der Waals surface area (Å²) < 4.78 is 107. The molecular weight excluding hydrogens is 543 g/mol. The first-order valence-corrected chi connectivity index (χ1v) is 13.4. The van der Waals surface area contributed by atoms with Gasteiger partial charge >= 0.3 is 22.6 Å². The fraction of sp³-hybridized carbons (Fsp3) is 0.381. The van der Waals surface area contributed by atoms with E-state index in [0.717, 1.165) is 35.6 Å². The van der Waals surface area contributed by atoms with Crippen molar-refractivity contribution in [2.75, 3.05) is 23.2 Å². The van der Waals surface area contributed by atoms with Crippen LogP contribution in [0.2, 0.25) is 0 Å². The first kappa shape index (κ1) is 28.5. The minimum atomic E-state index is -4.81. The standard InChI is InChI=1S/C21H24F3N3O8S2/c1-20(2,26(3)37(32,33)34)11-15-12-27(17-10-14(25-19(28)29)7-8-18(17)35-15)36(30,31)16-6-4-5-13(9-16)21(22,23)24/h4-10,15,25H,11-12H2,1-3H3,(H,28,29)(H,32,33,34). The third-order valence-electron chi connectivity index (χ3n) is 5.82. The molecule has 2 aromatic carbocycles. The number of rotatable bonds is 7. The van der Waals surface area contributed by atoms with Crippen molar-refractivity contribution in [1.82, 2.24) is 4.31 Å². The Balaban J connectivity index is 2.10. The first-order chi connectivity index (χ1) is 16.8. The van der Waals surface area contributed by atoms with Crippen molar-refractivity contribution in [3.63, 3.8) is 0 Å². The van der Waals surface area contributed by atoms with Crippen LogP contribution in [0.5, 0.6) is 5.75 Å². The summed E-state index contributed by atoms with van der Waals surface area (Å²) in [5.41, 5.74) is -2.62. The fourth-order valence-corrected chi connectivity index (χ4v) is 6.05. The molecule has 1 atom stereocenters. The van der Waals surface area contributed by atoms with Gasteiger partial charge in [-0.1, -0.05) is 6.07 Å². The second-order valence-electron chi connectivity index (χ2n) is 8.88. The highest BCUT2D eigenvalue weighted by atomic mass is 32.2. The number of alkyl halides is 3. The summed E-state index contributed by atoms with van der Waals surface area (Å²) in [7, 11) is -8.14. The average Bonchev–Trinajstić information content (AvgIpc) is 2.76. The maximum atomic E-state index is 13.6. The molecule has 1 aliphatic rings. The molecule has 2 aromatic rings. The number of anilines is 2. The molecule has 11 nitrogen and oxygen atoms in total. The van der Waals surface area contributed by atoms with Crippen molar-refractivity contribution in [1.29, 1.82) is 0 Å². The maximum absolute atomic E-state index is 13.6. The van der Waals surface area contributed by atoms with Crippen LogP contribution >= 0.6 is 0 Å². The molecule has 1 unspecified atom stereocenters. The molecule has 0 saturated heterocycles. The zero-order valence-corrected chi connectivity index (χ0v) is 21.4. The molecule has 16 heteroatoms. The molecule has 0 spiro atoms. The molecule has 0 saturated carbocycles. The second kappa shape index (κ2) is 9.66. The average molecular weight is 568 g/mol. The Hall–Kier alpha value is -3.08. The van der Waals surface area contributed by atoms with E-state index in [4.69, 9.17) is 9.84 Å². The Morgan fingerprint density at radius 1 is 1.16 bits per heavy atom. The van der Waals surface area contributed by atoms with Crippen LogP contribution in [0.4, 0.5) is 29.3 Å². The van der Waals surface area contributed by atoms with Gasteiger partial charge < -0.3 is 9.84 Å². The summed E-state index contributed by atoms with van der Waals surface area (Å²) >= 11 is 0. The number of hydrogen-bond donors (Lipinski definition) is 3. The topological polar surface area (TPSA) is 154 Å². The summed E-state index contributed by atoms with van der Waals surface area (Å²) in [6, 6.07) is 6.86. The molecule has 1 heterocycles. The molecule has 0 aliphatic carbocycles. The Morgan fingerprint density at radius 3 is 2.38 bits per heavy atom. The molecule has 0 fully saturated rings. The molecule has 3 N–H and O–H groups in total. The summed E-state index contributed by atoms with van der Waals surface area (Å²) in [6.07, 6.45) is -7.38. The van der Waals surface area contributed by atoms with E-state index in [1.165, 1.54) is 26.0 Å². The van der Waals surface area contributed by atoms with Crippen LogP contribution in [0.15, 0.2) is 47.4 Å². The number of nitrogens with one attached hydrogen (secondary N) is 1. The molecule has 0 aromatic heterocycles. The summed E-state index contributed by atoms with van der Waals surface area (Å²) in [5.74, 6) is -0.0342. The number of hydrogen-bond acceptors (Lipinski definition) is 6. The van der Waals surface area contributed by atoms with E-state index in [1.54, 1.807) is 0 Å². The number of benzene rings is 2. The summed E-state index contributed by atoms with van der Waals surface area (Å²) in [6.45, 7) is 2.47. The van der Waals surface area contributed by atoms with E-state index in [0.29, 0.717) is 10.4 Å². The lowest BCUT2D eigenvalue weighted by molar-refractivity contribution is -0.137. The van der Waals surface area contributed by atoms with Gasteiger partial charge in [0.25, 0.3) is 10.0 Å². The molecule has 3 rings (SSSR count). The monoisotopic (exact) mass is 567 g/mol. The quantitative estimate of drug-likeness (QED) is 0.429. The summed E-state index contributed by atoms with van der Waals surface area (Å²) in [4.78, 5) is 10.4. The highest BCUT2D eigenvalue weighted by molar-refractivity contribution is 7.92. The molecule has 0 radical (unpaired) electrons. The number of sulfonamides is 1. The number of halogens is 3. The predicted molar refractivity (Wildman–Crippen MR) is 126 cm³/mol. The van der Waals surface area contributed by atoms with E-state index >= 15 is 0 Å². The normalized spacial score (nSPS) is 16.8. The van der Waals surface area contributed by atoms with E-state index in [9.17, 15) is 39.4 Å². The molecule has 1 amide bonds. The molecule has 37 heavy (non-hydrogen) atoms. The Kier molecular flexibility index (Phi) is 7.44. The third kappa shape index (κ3) is 6.26. The largest absolute Gasteiger partial charge is 0.486 e. The molecule has 0 bridgehead atoms. The van der Waals surface area contributed by atoms with Gasteiger partial charge in [0.2, 0.25) is 0 Å². The lowest BCUT2D eigenvalue weighted by Gasteiger charge is -2.40. The number of fused-ring (bicyclic) bond motifs is 1. The Labute approximate surface area is 211 Å². The number of nitrogens with zero attached hydrogens (tertiary/aromatic N) is 2. The van der Waals surface area contributed by atoms with Crippen LogP contribution in [-0.4, -0.2) is 62.1 Å². The Morgan fingerprint density at radius 2 is 1.81 bits per heavy atom. The molecular formula is C21H24F3N3O8S2. The fourth-order valence-electron chi connectivity index (χ4n) is 3.81. The van der Waals surface area contributed by atoms with Gasteiger partial charge in [0.05, 0.1) is 22.7 Å². The van der Waals surface area contributed by atoms with Crippen LogP contribution < -0.4 is 14.4 Å². The van der Waals surface area contributed by atoms with E-state index in [1.807, 2.05) is 0 Å². The van der Waals surface area contributed by atoms with Crippen LogP contribution in [0.3, 0.4) is 0 Å². The number of ether oxygens (including phenoxy) is 1. The van der Waals surface area contributed by atoms with Gasteiger partial charge in [0.1, 0.15) is 11.9 Å². The van der Waals surface area contributed by atoms with E-state index in [2.05, 4.69) is 5.32 Å². The highest BCUT2D eigenvalue weighted by Crippen LogP contribution is 2.41. The zero-order chi connectivity index (χ0) is 28.0. The van der Waals surface area contributed by atoms with E-state index < -0.39 is 61.2 Å². The van der Waals surface area contributed by atoms with Crippen LogP contribution in [0, 0.1) is 0 Å². The van der Waals surface area contributed by atoms with Gasteiger partial charge in [-0.3, -0.25) is 14.2 Å². The van der Waals surface area contributed by atoms with Crippen molar-refractivity contribution in [2.24, 2.45) is 0 Å². The number of carboxylic acid groups (broad SMARTS) is 1. The van der Waals surface area contributed by atoms with E-state index in [-0.39, 0.29) is 23.5 Å². The van der Waals surface area contributed by atoms with Gasteiger partial charge in [-0.25, -0.2) is 13.2 Å². The van der Waals surface area contributed by atoms with Crippen molar-refractivity contribution in [3.05, 3.63) is 48.0 Å². The van der Waals surface area contributed by atoms with Gasteiger partial charge in [-0.05, 0) is 50.2 Å². The number of carbonyl (C=O) groups is 1. The van der Waals surface area contributed by atoms with Crippen molar-refractivity contribution in [2.45, 2.75) is 43.0 Å². The minimum Gasteiger partial charge on any atom is -0.486 e. The minimum absolute atomic E-state index is 0.0241. The van der Waals surface area contributed by atoms with Crippen LogP contribution in [-0.2, 0) is 26.5 Å². The van der Waals surface area contributed by atoms with Gasteiger partial charge in [-0.2, -0.15) is 25.9 Å². The van der Waals surface area contributed by atoms with Gasteiger partial charge in [0.15, 0.2) is 0 Å². The smallest absolute Gasteiger partial charge is 0.416 e. The SMILES string of the molecule is CN(C(C)(C)CC1CN(S(=O)(=O)c2cccc(C(F)(F)F)c2)c2cc(NC(=O)O)ccc2O1)S(=O)(=O)O. The maximum Gasteiger partial charge on any atom is 0.416 e. The van der Waals surface area contributed by atoms with Crippen LogP contribution in [0.25, 0.3) is 0 Å². The molecule has 204 valence electrons. The van der Waals surface area contributed by atoms with Gasteiger partial charge in [-0.15, -0.1) is 0 Å². The van der Waals surface area contributed by atoms with Crippen LogP contribution in [0.1, 0.15) is 25.8 Å². The van der Waals surface area contributed by atoms with Gasteiger partial charge in [0, 0.05) is 24.7 Å². The first-order valence-electron chi connectivity index (χ1n) is 10.5. The third-order valence-corrected chi connectivity index (χ3v) is 8.78. The Bertz CT molecular complexity index is 1410. The summed E-state index contributed by atoms with van der Waals surface area (Å²) in [5, 5.41) is 11.1. The predicted octanol–water partition coefficient (Wildman–Crippen LogP) is 3.65. The van der Waals surface area contributed by atoms with Crippen molar-refractivity contribution >= 4 is 37.8 Å². The van der Waals surface area contributed by atoms with Crippen molar-refractivity contribution in [3.8, 4) is 5.75 Å². The second-order valence-corrected chi connectivity index (χ2v) is 12.2. The lowest BCUT2D eigenvalue weighted by Crippen LogP contribution is -2.51. The lowest BCUT2D eigenvalue weighted by atomic mass is 9.96.